The minimum Gasteiger partial charge on any atom is -0.396 e. The van der Waals surface area contributed by atoms with Crippen LogP contribution in [0.25, 0.3) is 0 Å². The number of rotatable bonds is 3. The van der Waals surface area contributed by atoms with Crippen molar-refractivity contribution in [2.24, 2.45) is 0 Å². The Kier molecular flexibility index (Phi) is 2.90. The Morgan fingerprint density at radius 1 is 1.60 bits per heavy atom. The van der Waals surface area contributed by atoms with Crippen molar-refractivity contribution >= 4 is 0 Å². The van der Waals surface area contributed by atoms with Gasteiger partial charge in [0, 0.05) is 12.8 Å². The molecule has 0 saturated heterocycles. The molecule has 0 spiro atoms. The summed E-state index contributed by atoms with van der Waals surface area (Å²) < 4.78 is 0. The molecule has 0 aromatic carbocycles. The third kappa shape index (κ3) is 2.15. The van der Waals surface area contributed by atoms with Crippen molar-refractivity contribution in [1.82, 2.24) is 4.98 Å². The van der Waals surface area contributed by atoms with Crippen molar-refractivity contribution in [2.45, 2.75) is 12.8 Å². The van der Waals surface area contributed by atoms with Crippen LogP contribution in [0.2, 0.25) is 0 Å². The fourth-order valence-corrected chi connectivity index (χ4v) is 0.768. The van der Waals surface area contributed by atoms with Crippen LogP contribution in [0.3, 0.4) is 0 Å². The van der Waals surface area contributed by atoms with Crippen LogP contribution in [0, 0.1) is 6.20 Å². The van der Waals surface area contributed by atoms with Crippen LogP contribution in [0.5, 0.6) is 0 Å². The standard InChI is InChI=1S/C8H10NO/c10-6-2-4-8-3-1-5-9-7-8/h1,3,5,10H,2,4,6H2. The fourth-order valence-electron chi connectivity index (χ4n) is 0.768. The Morgan fingerprint density at radius 3 is 3.10 bits per heavy atom. The molecule has 1 aromatic heterocycles. The Balaban J connectivity index is 2.43. The van der Waals surface area contributed by atoms with Crippen molar-refractivity contribution < 1.29 is 5.11 Å². The minimum absolute atomic E-state index is 0.239. The largest absolute Gasteiger partial charge is 0.396 e. The smallest absolute Gasteiger partial charge is 0.0920 e. The second kappa shape index (κ2) is 4.01. The molecule has 1 heterocycles. The number of aromatic nitrogens is 1. The molecule has 2 heteroatoms. The van der Waals surface area contributed by atoms with Crippen LogP contribution >= 0.6 is 0 Å². The van der Waals surface area contributed by atoms with E-state index in [-0.39, 0.29) is 6.61 Å². The van der Waals surface area contributed by atoms with Gasteiger partial charge in [-0.1, -0.05) is 6.07 Å². The first kappa shape index (κ1) is 7.22. The molecular weight excluding hydrogens is 126 g/mol. The second-order valence-electron chi connectivity index (χ2n) is 2.10. The Morgan fingerprint density at radius 2 is 2.50 bits per heavy atom. The van der Waals surface area contributed by atoms with E-state index in [1.807, 2.05) is 12.1 Å². The van der Waals surface area contributed by atoms with Crippen molar-refractivity contribution in [2.75, 3.05) is 6.61 Å². The molecule has 0 unspecified atom stereocenters. The van der Waals surface area contributed by atoms with Gasteiger partial charge in [0.15, 0.2) is 0 Å². The lowest BCUT2D eigenvalue weighted by Crippen LogP contribution is -1.89. The molecular formula is C8H10NO. The molecule has 10 heavy (non-hydrogen) atoms. The molecule has 0 atom stereocenters. The molecule has 0 aliphatic heterocycles. The molecule has 0 aliphatic rings. The second-order valence-corrected chi connectivity index (χ2v) is 2.10. The van der Waals surface area contributed by atoms with Crippen LogP contribution in [-0.4, -0.2) is 16.7 Å². The Labute approximate surface area is 60.5 Å². The van der Waals surface area contributed by atoms with Crippen LogP contribution in [-0.2, 0) is 6.42 Å². The molecule has 2 nitrogen and oxygen atoms in total. The molecule has 1 radical (unpaired) electrons. The lowest BCUT2D eigenvalue weighted by molar-refractivity contribution is 0.288. The van der Waals surface area contributed by atoms with Gasteiger partial charge in [0.05, 0.1) is 6.20 Å². The van der Waals surface area contributed by atoms with Crippen LogP contribution < -0.4 is 0 Å². The normalized spacial score (nSPS) is 9.70. The highest BCUT2D eigenvalue weighted by Gasteiger charge is 1.89. The molecule has 53 valence electrons. The first-order chi connectivity index (χ1) is 4.93. The number of aliphatic hydroxyl groups excluding tert-OH is 1. The maximum atomic E-state index is 8.49. The van der Waals surface area contributed by atoms with E-state index in [0.29, 0.717) is 0 Å². The SMILES string of the molecule is OCCCc1[c]nccc1. The summed E-state index contributed by atoms with van der Waals surface area (Å²) >= 11 is 0. The van der Waals surface area contributed by atoms with Crippen LogP contribution in [0.4, 0.5) is 0 Å². The molecule has 0 aliphatic carbocycles. The van der Waals surface area contributed by atoms with Crippen LogP contribution in [0.1, 0.15) is 12.0 Å². The number of hydrogen-bond acceptors (Lipinski definition) is 2. The van der Waals surface area contributed by atoms with E-state index in [1.165, 1.54) is 0 Å². The lowest BCUT2D eigenvalue weighted by Gasteiger charge is -1.94. The van der Waals surface area contributed by atoms with Gasteiger partial charge >= 0.3 is 0 Å². The Bertz CT molecular complexity index is 174. The highest BCUT2D eigenvalue weighted by Crippen LogP contribution is 1.97. The van der Waals surface area contributed by atoms with Gasteiger partial charge in [-0.15, -0.1) is 0 Å². The summed E-state index contributed by atoms with van der Waals surface area (Å²) in [6.07, 6.45) is 6.20. The summed E-state index contributed by atoms with van der Waals surface area (Å²) in [6, 6.07) is 3.84. The van der Waals surface area contributed by atoms with Crippen LogP contribution in [0.15, 0.2) is 18.3 Å². The van der Waals surface area contributed by atoms with E-state index in [9.17, 15) is 0 Å². The third-order valence-electron chi connectivity index (χ3n) is 1.27. The van der Waals surface area contributed by atoms with Crippen molar-refractivity contribution in [3.63, 3.8) is 0 Å². The summed E-state index contributed by atoms with van der Waals surface area (Å²) in [6.45, 7) is 0.239. The number of aliphatic hydroxyl groups is 1. The maximum absolute atomic E-state index is 8.49. The zero-order chi connectivity index (χ0) is 7.23. The van der Waals surface area contributed by atoms with Gasteiger partial charge in [0.2, 0.25) is 0 Å². The molecule has 1 rings (SSSR count). The maximum Gasteiger partial charge on any atom is 0.0920 e. The van der Waals surface area contributed by atoms with Gasteiger partial charge in [-0.2, -0.15) is 0 Å². The van der Waals surface area contributed by atoms with Crippen molar-refractivity contribution in [1.29, 1.82) is 0 Å². The predicted molar refractivity (Wildman–Crippen MR) is 38.5 cm³/mol. The summed E-state index contributed by atoms with van der Waals surface area (Å²) in [5.41, 5.74) is 1.07. The van der Waals surface area contributed by atoms with Gasteiger partial charge in [-0.25, -0.2) is 0 Å². The number of nitrogens with zero attached hydrogens (tertiary/aromatic N) is 1. The van der Waals surface area contributed by atoms with Gasteiger partial charge in [-0.3, -0.25) is 4.98 Å². The summed E-state index contributed by atoms with van der Waals surface area (Å²) in [5.74, 6) is 0. The number of pyridine rings is 1. The van der Waals surface area contributed by atoms with E-state index in [1.54, 1.807) is 6.20 Å². The minimum atomic E-state index is 0.239. The van der Waals surface area contributed by atoms with Crippen molar-refractivity contribution in [3.8, 4) is 0 Å². The van der Waals surface area contributed by atoms with Gasteiger partial charge < -0.3 is 5.11 Å². The molecule has 1 N–H and O–H groups in total. The molecule has 0 saturated carbocycles. The monoisotopic (exact) mass is 136 g/mol. The number of hydrogen-bond donors (Lipinski definition) is 1. The summed E-state index contributed by atoms with van der Waals surface area (Å²) in [4.78, 5) is 3.83. The van der Waals surface area contributed by atoms with E-state index in [2.05, 4.69) is 11.2 Å². The van der Waals surface area contributed by atoms with Gasteiger partial charge in [-0.05, 0) is 24.5 Å². The van der Waals surface area contributed by atoms with E-state index < -0.39 is 0 Å². The first-order valence-electron chi connectivity index (χ1n) is 3.36. The van der Waals surface area contributed by atoms with E-state index in [4.69, 9.17) is 5.11 Å². The quantitative estimate of drug-likeness (QED) is 0.667. The first-order valence-corrected chi connectivity index (χ1v) is 3.36. The average molecular weight is 136 g/mol. The average Bonchev–Trinajstić information content (AvgIpc) is 2.03. The predicted octanol–water partition coefficient (Wildman–Crippen LogP) is 0.807. The number of aryl methyl sites for hydroxylation is 1. The van der Waals surface area contributed by atoms with Gasteiger partial charge in [0.25, 0.3) is 0 Å². The summed E-state index contributed by atoms with van der Waals surface area (Å²) in [5, 5.41) is 8.49. The van der Waals surface area contributed by atoms with E-state index >= 15 is 0 Å². The lowest BCUT2D eigenvalue weighted by atomic mass is 10.2. The molecule has 1 aromatic rings. The topological polar surface area (TPSA) is 33.1 Å². The van der Waals surface area contributed by atoms with Gasteiger partial charge in [0.1, 0.15) is 0 Å². The summed E-state index contributed by atoms with van der Waals surface area (Å²) in [7, 11) is 0. The highest BCUT2D eigenvalue weighted by atomic mass is 16.2. The third-order valence-corrected chi connectivity index (χ3v) is 1.27. The fraction of sp³-hybridized carbons (Fsp3) is 0.375. The molecule has 0 amide bonds. The van der Waals surface area contributed by atoms with Crippen molar-refractivity contribution in [3.05, 3.63) is 30.1 Å². The van der Waals surface area contributed by atoms with E-state index in [0.717, 1.165) is 18.4 Å². The molecule has 0 fully saturated rings. The Hall–Kier alpha value is -0.890. The zero-order valence-corrected chi connectivity index (χ0v) is 5.75. The molecule has 0 bridgehead atoms. The zero-order valence-electron chi connectivity index (χ0n) is 5.75. The highest BCUT2D eigenvalue weighted by molar-refractivity contribution is 5.06.